The molecule has 0 aromatic carbocycles. The van der Waals surface area contributed by atoms with Gasteiger partial charge in [-0.3, -0.25) is 4.90 Å². The fraction of sp³-hybridized carbons (Fsp3) is 0.800. The first-order valence-corrected chi connectivity index (χ1v) is 5.92. The molecular weight excluding hydrogens is 180 g/mol. The zero-order chi connectivity index (χ0) is 9.68. The largest absolute Gasteiger partial charge is 0.316 e. The highest BCUT2D eigenvalue weighted by Gasteiger charge is 2.16. The fourth-order valence-electron chi connectivity index (χ4n) is 1.66. The lowest BCUT2D eigenvalue weighted by atomic mass is 10.2. The molecule has 1 heterocycles. The van der Waals surface area contributed by atoms with E-state index in [1.807, 2.05) is 7.05 Å². The average molecular weight is 200 g/mol. The normalized spacial score (nSPS) is 24.6. The molecular formula is C10H20N2S. The van der Waals surface area contributed by atoms with Crippen LogP contribution in [-0.2, 0) is 0 Å². The molecule has 2 nitrogen and oxygen atoms in total. The molecule has 0 bridgehead atoms. The summed E-state index contributed by atoms with van der Waals surface area (Å²) >= 11 is 2.08. The summed E-state index contributed by atoms with van der Waals surface area (Å²) in [6.07, 6.45) is 0. The number of thioether (sulfide) groups is 1. The number of nitrogens with one attached hydrogen (secondary N) is 1. The molecule has 0 aromatic rings. The Hall–Kier alpha value is 0.0100. The molecule has 0 aromatic heterocycles. The van der Waals surface area contributed by atoms with Gasteiger partial charge in [-0.15, -0.1) is 0 Å². The minimum atomic E-state index is 0.788. The summed E-state index contributed by atoms with van der Waals surface area (Å²) in [4.78, 5) is 2.50. The summed E-state index contributed by atoms with van der Waals surface area (Å²) < 4.78 is 0. The maximum absolute atomic E-state index is 4.05. The Labute approximate surface area is 85.8 Å². The molecule has 0 aliphatic carbocycles. The number of likely N-dealkylation sites (N-methyl/N-ethyl adjacent to an activating group) is 1. The summed E-state index contributed by atoms with van der Waals surface area (Å²) in [7, 11) is 1.97. The smallest absolute Gasteiger partial charge is 0.0203 e. The van der Waals surface area contributed by atoms with Crippen molar-refractivity contribution in [2.75, 3.05) is 39.0 Å². The lowest BCUT2D eigenvalue weighted by molar-refractivity contribution is 0.308. The van der Waals surface area contributed by atoms with E-state index in [4.69, 9.17) is 0 Å². The quantitative estimate of drug-likeness (QED) is 0.687. The minimum absolute atomic E-state index is 0.788. The molecule has 1 saturated heterocycles. The van der Waals surface area contributed by atoms with Crippen LogP contribution in [0.25, 0.3) is 0 Å². The molecule has 76 valence electrons. The molecule has 13 heavy (non-hydrogen) atoms. The van der Waals surface area contributed by atoms with Crippen molar-refractivity contribution >= 4 is 11.8 Å². The summed E-state index contributed by atoms with van der Waals surface area (Å²) in [5.74, 6) is 1.27. The Morgan fingerprint density at radius 3 is 3.08 bits per heavy atom. The van der Waals surface area contributed by atoms with E-state index < -0.39 is 0 Å². The van der Waals surface area contributed by atoms with Crippen molar-refractivity contribution < 1.29 is 0 Å². The molecule has 1 aliphatic rings. The van der Waals surface area contributed by atoms with Crippen LogP contribution >= 0.6 is 11.8 Å². The van der Waals surface area contributed by atoms with Gasteiger partial charge in [-0.25, -0.2) is 0 Å². The number of hydrogen-bond acceptors (Lipinski definition) is 3. The summed E-state index contributed by atoms with van der Waals surface area (Å²) in [5.41, 5.74) is 1.29. The van der Waals surface area contributed by atoms with Crippen LogP contribution in [0.15, 0.2) is 12.2 Å². The highest BCUT2D eigenvalue weighted by molar-refractivity contribution is 7.99. The Kier molecular flexibility index (Phi) is 4.84. The standard InChI is InChI=1S/C10H20N2S/c1-9(6-11-3)7-12-4-5-13-10(2)8-12/h10-11H,1,4-8H2,2-3H3. The molecule has 1 rings (SSSR count). The highest BCUT2D eigenvalue weighted by Crippen LogP contribution is 2.17. The maximum atomic E-state index is 4.05. The zero-order valence-electron chi connectivity index (χ0n) is 8.68. The van der Waals surface area contributed by atoms with Gasteiger partial charge >= 0.3 is 0 Å². The van der Waals surface area contributed by atoms with Crippen LogP contribution in [0.3, 0.4) is 0 Å². The Balaban J connectivity index is 2.23. The summed E-state index contributed by atoms with van der Waals surface area (Å²) in [6.45, 7) is 10.8. The molecule has 1 atom stereocenters. The Morgan fingerprint density at radius 1 is 1.69 bits per heavy atom. The lowest BCUT2D eigenvalue weighted by Crippen LogP contribution is -2.38. The monoisotopic (exact) mass is 200 g/mol. The van der Waals surface area contributed by atoms with Gasteiger partial charge in [0.2, 0.25) is 0 Å². The van der Waals surface area contributed by atoms with Gasteiger partial charge in [0.1, 0.15) is 0 Å². The van der Waals surface area contributed by atoms with Gasteiger partial charge in [-0.1, -0.05) is 13.5 Å². The maximum Gasteiger partial charge on any atom is 0.0203 e. The average Bonchev–Trinajstić information content (AvgIpc) is 2.04. The third-order valence-corrected chi connectivity index (χ3v) is 3.34. The van der Waals surface area contributed by atoms with E-state index in [2.05, 4.69) is 35.5 Å². The van der Waals surface area contributed by atoms with E-state index in [0.717, 1.165) is 18.3 Å². The number of hydrogen-bond donors (Lipinski definition) is 1. The molecule has 1 unspecified atom stereocenters. The SMILES string of the molecule is C=C(CNC)CN1CCSC(C)C1. The predicted molar refractivity (Wildman–Crippen MR) is 61.4 cm³/mol. The molecule has 1 fully saturated rings. The van der Waals surface area contributed by atoms with Crippen molar-refractivity contribution in [3.63, 3.8) is 0 Å². The van der Waals surface area contributed by atoms with Gasteiger partial charge in [0.05, 0.1) is 0 Å². The molecule has 0 saturated carbocycles. The van der Waals surface area contributed by atoms with Crippen LogP contribution in [0, 0.1) is 0 Å². The van der Waals surface area contributed by atoms with Gasteiger partial charge in [0.15, 0.2) is 0 Å². The van der Waals surface area contributed by atoms with Crippen LogP contribution in [0.1, 0.15) is 6.92 Å². The van der Waals surface area contributed by atoms with Gasteiger partial charge in [0.25, 0.3) is 0 Å². The zero-order valence-corrected chi connectivity index (χ0v) is 9.49. The van der Waals surface area contributed by atoms with Crippen molar-refractivity contribution in [1.82, 2.24) is 10.2 Å². The van der Waals surface area contributed by atoms with Gasteiger partial charge in [-0.2, -0.15) is 11.8 Å². The second-order valence-corrected chi connectivity index (χ2v) is 5.24. The number of rotatable bonds is 4. The topological polar surface area (TPSA) is 15.3 Å². The Morgan fingerprint density at radius 2 is 2.46 bits per heavy atom. The van der Waals surface area contributed by atoms with E-state index in [0.29, 0.717) is 0 Å². The van der Waals surface area contributed by atoms with Crippen LogP contribution in [0.5, 0.6) is 0 Å². The summed E-state index contributed by atoms with van der Waals surface area (Å²) in [5, 5.41) is 3.92. The molecule has 0 spiro atoms. The third-order valence-electron chi connectivity index (χ3n) is 2.20. The van der Waals surface area contributed by atoms with Gasteiger partial charge < -0.3 is 5.32 Å². The molecule has 0 radical (unpaired) electrons. The number of nitrogens with zero attached hydrogens (tertiary/aromatic N) is 1. The third kappa shape index (κ3) is 4.16. The molecule has 0 amide bonds. The Bertz CT molecular complexity index is 170. The lowest BCUT2D eigenvalue weighted by Gasteiger charge is -2.30. The van der Waals surface area contributed by atoms with Crippen LogP contribution in [0.4, 0.5) is 0 Å². The van der Waals surface area contributed by atoms with Crippen LogP contribution < -0.4 is 5.32 Å². The van der Waals surface area contributed by atoms with Crippen molar-refractivity contribution in [2.45, 2.75) is 12.2 Å². The second kappa shape index (κ2) is 5.68. The predicted octanol–water partition coefficient (Wildman–Crippen LogP) is 1.20. The van der Waals surface area contributed by atoms with Crippen molar-refractivity contribution in [1.29, 1.82) is 0 Å². The van der Waals surface area contributed by atoms with Crippen molar-refractivity contribution in [2.24, 2.45) is 0 Å². The first-order chi connectivity index (χ1) is 6.22. The van der Waals surface area contributed by atoms with Crippen LogP contribution in [0.2, 0.25) is 0 Å². The fourth-order valence-corrected chi connectivity index (χ4v) is 2.74. The molecule has 3 heteroatoms. The van der Waals surface area contributed by atoms with E-state index in [-0.39, 0.29) is 0 Å². The molecule has 1 N–H and O–H groups in total. The highest BCUT2D eigenvalue weighted by atomic mass is 32.2. The first-order valence-electron chi connectivity index (χ1n) is 4.87. The minimum Gasteiger partial charge on any atom is -0.316 e. The second-order valence-electron chi connectivity index (χ2n) is 3.70. The van der Waals surface area contributed by atoms with E-state index in [1.165, 1.54) is 24.4 Å². The van der Waals surface area contributed by atoms with Crippen molar-refractivity contribution in [3.8, 4) is 0 Å². The van der Waals surface area contributed by atoms with Crippen LogP contribution in [-0.4, -0.2) is 49.1 Å². The van der Waals surface area contributed by atoms with E-state index in [1.54, 1.807) is 0 Å². The van der Waals surface area contributed by atoms with Crippen molar-refractivity contribution in [3.05, 3.63) is 12.2 Å². The molecule has 1 aliphatic heterocycles. The summed E-state index contributed by atoms with van der Waals surface area (Å²) in [6, 6.07) is 0. The van der Waals surface area contributed by atoms with E-state index >= 15 is 0 Å². The first kappa shape index (κ1) is 11.1. The van der Waals surface area contributed by atoms with E-state index in [9.17, 15) is 0 Å². The van der Waals surface area contributed by atoms with Gasteiger partial charge in [-0.05, 0) is 12.6 Å². The van der Waals surface area contributed by atoms with Gasteiger partial charge in [0, 0.05) is 37.2 Å².